The number of ether oxygens (including phenoxy) is 3. The summed E-state index contributed by atoms with van der Waals surface area (Å²) >= 11 is 7.22. The minimum absolute atomic E-state index is 0.285. The van der Waals surface area contributed by atoms with Crippen molar-refractivity contribution in [2.75, 3.05) is 34.5 Å². The zero-order valence-corrected chi connectivity index (χ0v) is 18.5. The van der Waals surface area contributed by atoms with Gasteiger partial charge in [0.2, 0.25) is 0 Å². The van der Waals surface area contributed by atoms with E-state index in [1.807, 2.05) is 12.1 Å². The van der Waals surface area contributed by atoms with Crippen LogP contribution in [0.4, 0.5) is 0 Å². The first-order valence-electron chi connectivity index (χ1n) is 9.25. The number of benzene rings is 2. The Morgan fingerprint density at radius 2 is 1.63 bits per heavy atom. The van der Waals surface area contributed by atoms with E-state index in [0.717, 1.165) is 4.90 Å². The molecule has 0 radical (unpaired) electrons. The van der Waals surface area contributed by atoms with E-state index in [2.05, 4.69) is 0 Å². The van der Waals surface area contributed by atoms with Gasteiger partial charge in [-0.1, -0.05) is 29.4 Å². The van der Waals surface area contributed by atoms with E-state index in [1.54, 1.807) is 44.6 Å². The molecule has 30 heavy (non-hydrogen) atoms. The third kappa shape index (κ3) is 4.64. The molecule has 2 aromatic carbocycles. The molecule has 0 spiro atoms. The highest BCUT2D eigenvalue weighted by Gasteiger charge is 2.39. The first-order valence-corrected chi connectivity index (χ1v) is 10.4. The Hall–Kier alpha value is -2.48. The molecule has 6 nitrogen and oxygen atoms in total. The zero-order valence-electron chi connectivity index (χ0n) is 16.9. The number of hydrogen-bond donors (Lipinski definition) is 0. The Balaban J connectivity index is 2.04. The molecule has 1 aliphatic rings. The molecule has 1 aliphatic heterocycles. The lowest BCUT2D eigenvalue weighted by Crippen LogP contribution is -2.33. The van der Waals surface area contributed by atoms with Crippen molar-refractivity contribution in [3.05, 3.63) is 58.0 Å². The van der Waals surface area contributed by atoms with E-state index < -0.39 is 0 Å². The van der Waals surface area contributed by atoms with Gasteiger partial charge in [-0.3, -0.25) is 14.5 Å². The normalized spacial score (nSPS) is 13.9. The van der Waals surface area contributed by atoms with E-state index in [-0.39, 0.29) is 18.4 Å². The summed E-state index contributed by atoms with van der Waals surface area (Å²) in [5.41, 5.74) is 0.940. The van der Waals surface area contributed by atoms with Gasteiger partial charge in [-0.05, 0) is 48.4 Å². The van der Waals surface area contributed by atoms with Gasteiger partial charge in [-0.15, -0.1) is 0 Å². The highest BCUT2D eigenvalue weighted by Crippen LogP contribution is 2.41. The molecule has 0 atom stereocenters. The van der Waals surface area contributed by atoms with E-state index in [9.17, 15) is 9.59 Å². The summed E-state index contributed by atoms with van der Waals surface area (Å²) in [4.78, 5) is 28.8. The number of imide groups is 1. The molecular formula is C22H22ClNO5S. The summed E-state index contributed by atoms with van der Waals surface area (Å²) in [6, 6.07) is 12.3. The second-order valence-electron chi connectivity index (χ2n) is 6.44. The van der Waals surface area contributed by atoms with Crippen molar-refractivity contribution in [3.63, 3.8) is 0 Å². The average Bonchev–Trinajstić information content (AvgIpc) is 2.99. The largest absolute Gasteiger partial charge is 0.493 e. The van der Waals surface area contributed by atoms with Gasteiger partial charge in [0.05, 0.1) is 24.7 Å². The molecular weight excluding hydrogens is 426 g/mol. The van der Waals surface area contributed by atoms with Crippen LogP contribution < -0.4 is 9.47 Å². The first-order chi connectivity index (χ1) is 14.5. The summed E-state index contributed by atoms with van der Waals surface area (Å²) in [5.74, 6) is 0.375. The number of rotatable bonds is 9. The minimum Gasteiger partial charge on any atom is -0.493 e. The number of methoxy groups -OCH3 is 3. The minimum atomic E-state index is -0.334. The van der Waals surface area contributed by atoms with Crippen molar-refractivity contribution in [1.29, 1.82) is 0 Å². The smallest absolute Gasteiger partial charge is 0.268 e. The lowest BCUT2D eigenvalue weighted by molar-refractivity contribution is -0.136. The maximum atomic E-state index is 13.2. The number of hydrogen-bond acceptors (Lipinski definition) is 6. The maximum Gasteiger partial charge on any atom is 0.268 e. The molecule has 158 valence electrons. The van der Waals surface area contributed by atoms with Crippen LogP contribution in [0.2, 0.25) is 5.02 Å². The van der Waals surface area contributed by atoms with E-state index >= 15 is 0 Å². The molecule has 0 fully saturated rings. The van der Waals surface area contributed by atoms with Gasteiger partial charge in [0.25, 0.3) is 11.8 Å². The number of halogens is 1. The summed E-state index contributed by atoms with van der Waals surface area (Å²) < 4.78 is 15.7. The number of thioether (sulfide) groups is 1. The van der Waals surface area contributed by atoms with E-state index in [0.29, 0.717) is 45.6 Å². The van der Waals surface area contributed by atoms with Crippen LogP contribution in [-0.4, -0.2) is 51.2 Å². The van der Waals surface area contributed by atoms with Crippen molar-refractivity contribution >= 4 is 40.8 Å². The monoisotopic (exact) mass is 447 g/mol. The molecule has 0 N–H and O–H groups in total. The van der Waals surface area contributed by atoms with Crippen LogP contribution in [0.25, 0.3) is 5.57 Å². The molecule has 0 aromatic heterocycles. The van der Waals surface area contributed by atoms with Gasteiger partial charge < -0.3 is 14.2 Å². The van der Waals surface area contributed by atoms with Crippen LogP contribution in [-0.2, 0) is 14.3 Å². The summed E-state index contributed by atoms with van der Waals surface area (Å²) in [6.45, 7) is 0.745. The standard InChI is InChI=1S/C22H22ClNO5S/c1-27-12-4-11-24-21(25)19(14-5-10-17(28-2)18(13-14)29-3)20(22(24)26)30-16-8-6-15(23)7-9-16/h5-10,13H,4,11-12H2,1-3H3. The average molecular weight is 448 g/mol. The lowest BCUT2D eigenvalue weighted by atomic mass is 10.1. The van der Waals surface area contributed by atoms with Gasteiger partial charge in [0, 0.05) is 30.2 Å². The van der Waals surface area contributed by atoms with Gasteiger partial charge in [-0.25, -0.2) is 0 Å². The summed E-state index contributed by atoms with van der Waals surface area (Å²) in [6.07, 6.45) is 0.562. The molecule has 2 aromatic rings. The van der Waals surface area contributed by atoms with Gasteiger partial charge in [0.15, 0.2) is 11.5 Å². The Morgan fingerprint density at radius 3 is 2.27 bits per heavy atom. The fraction of sp³-hybridized carbons (Fsp3) is 0.273. The van der Waals surface area contributed by atoms with Crippen molar-refractivity contribution in [3.8, 4) is 11.5 Å². The van der Waals surface area contributed by atoms with E-state index in [1.165, 1.54) is 23.8 Å². The van der Waals surface area contributed by atoms with Crippen LogP contribution in [0.5, 0.6) is 11.5 Å². The fourth-order valence-electron chi connectivity index (χ4n) is 3.09. The zero-order chi connectivity index (χ0) is 21.7. The summed E-state index contributed by atoms with van der Waals surface area (Å²) in [7, 11) is 4.65. The molecule has 2 amide bonds. The van der Waals surface area contributed by atoms with Gasteiger partial charge >= 0.3 is 0 Å². The first kappa shape index (κ1) is 22.2. The molecule has 1 heterocycles. The predicted molar refractivity (Wildman–Crippen MR) is 117 cm³/mol. The van der Waals surface area contributed by atoms with Crippen LogP contribution >= 0.6 is 23.4 Å². The Bertz CT molecular complexity index is 974. The third-order valence-electron chi connectivity index (χ3n) is 4.56. The molecule has 0 saturated heterocycles. The van der Waals surface area contributed by atoms with Crippen molar-refractivity contribution in [2.24, 2.45) is 0 Å². The number of carbonyl (C=O) groups excluding carboxylic acids is 2. The van der Waals surface area contributed by atoms with E-state index in [4.69, 9.17) is 25.8 Å². The topological polar surface area (TPSA) is 65.1 Å². The SMILES string of the molecule is COCCCN1C(=O)C(Sc2ccc(Cl)cc2)=C(c2ccc(OC)c(OC)c2)C1=O. The van der Waals surface area contributed by atoms with Crippen LogP contribution in [0.3, 0.4) is 0 Å². The molecule has 8 heteroatoms. The Labute approximate surface area is 184 Å². The van der Waals surface area contributed by atoms with Crippen LogP contribution in [0.1, 0.15) is 12.0 Å². The summed E-state index contributed by atoms with van der Waals surface area (Å²) in [5, 5.41) is 0.600. The number of amides is 2. The highest BCUT2D eigenvalue weighted by molar-refractivity contribution is 8.04. The number of nitrogens with zero attached hydrogens (tertiary/aromatic N) is 1. The lowest BCUT2D eigenvalue weighted by Gasteiger charge is -2.15. The van der Waals surface area contributed by atoms with Gasteiger partial charge in [-0.2, -0.15) is 0 Å². The highest BCUT2D eigenvalue weighted by atomic mass is 35.5. The molecule has 3 rings (SSSR count). The number of carbonyl (C=O) groups is 2. The van der Waals surface area contributed by atoms with Gasteiger partial charge in [0.1, 0.15) is 0 Å². The molecule has 0 aliphatic carbocycles. The quantitative estimate of drug-likeness (QED) is 0.422. The third-order valence-corrected chi connectivity index (χ3v) is 5.90. The van der Waals surface area contributed by atoms with Crippen molar-refractivity contribution < 1.29 is 23.8 Å². The fourth-order valence-corrected chi connectivity index (χ4v) is 4.22. The van der Waals surface area contributed by atoms with Crippen LogP contribution in [0, 0.1) is 0 Å². The Morgan fingerprint density at radius 1 is 0.933 bits per heavy atom. The maximum absolute atomic E-state index is 13.2. The molecule has 0 unspecified atom stereocenters. The second-order valence-corrected chi connectivity index (χ2v) is 7.96. The van der Waals surface area contributed by atoms with Crippen molar-refractivity contribution in [2.45, 2.75) is 11.3 Å². The van der Waals surface area contributed by atoms with Crippen molar-refractivity contribution in [1.82, 2.24) is 4.90 Å². The molecule has 0 saturated carbocycles. The molecule has 0 bridgehead atoms. The second kappa shape index (κ2) is 10.0. The van der Waals surface area contributed by atoms with Crippen LogP contribution in [0.15, 0.2) is 52.3 Å². The predicted octanol–water partition coefficient (Wildman–Crippen LogP) is 4.27. The Kier molecular flexibility index (Phi) is 7.42.